The van der Waals surface area contributed by atoms with Crippen molar-refractivity contribution in [2.75, 3.05) is 13.1 Å². The van der Waals surface area contributed by atoms with Crippen molar-refractivity contribution in [3.05, 3.63) is 29.8 Å². The molecule has 0 aliphatic carbocycles. The van der Waals surface area contributed by atoms with Crippen molar-refractivity contribution in [3.63, 3.8) is 0 Å². The second kappa shape index (κ2) is 6.91. The van der Waals surface area contributed by atoms with Crippen LogP contribution in [0.1, 0.15) is 37.0 Å². The van der Waals surface area contributed by atoms with Gasteiger partial charge in [-0.3, -0.25) is 4.79 Å². The van der Waals surface area contributed by atoms with Crippen LogP contribution in [0.3, 0.4) is 0 Å². The number of halogens is 1. The maximum atomic E-state index is 12.3. The number of carbonyl (C=O) groups is 1. The first-order valence-electron chi connectivity index (χ1n) is 6.24. The zero-order chi connectivity index (χ0) is 14.5. The maximum absolute atomic E-state index is 12.3. The average Bonchev–Trinajstić information content (AvgIpc) is 2.37. The standard InChI is InChI=1S/C13H18ClNO3S/c1-3-8-15(9-4-2)13(16)11-6-5-7-12(10-11)19(14,17)18/h5-7,10H,3-4,8-9H2,1-2H3. The molecule has 1 aromatic carbocycles. The van der Waals surface area contributed by atoms with E-state index in [-0.39, 0.29) is 10.8 Å². The molecule has 4 nitrogen and oxygen atoms in total. The first-order chi connectivity index (χ1) is 8.90. The zero-order valence-corrected chi connectivity index (χ0v) is 12.7. The molecule has 0 aliphatic rings. The fourth-order valence-electron chi connectivity index (χ4n) is 1.82. The Bertz CT molecular complexity index is 537. The van der Waals surface area contributed by atoms with Crippen LogP contribution in [0.25, 0.3) is 0 Å². The number of amides is 1. The Morgan fingerprint density at radius 1 is 1.21 bits per heavy atom. The molecular formula is C13H18ClNO3S. The molecule has 19 heavy (non-hydrogen) atoms. The van der Waals surface area contributed by atoms with E-state index in [0.29, 0.717) is 18.7 Å². The van der Waals surface area contributed by atoms with Crippen molar-refractivity contribution in [2.24, 2.45) is 0 Å². The van der Waals surface area contributed by atoms with E-state index in [4.69, 9.17) is 10.7 Å². The first-order valence-corrected chi connectivity index (χ1v) is 8.55. The van der Waals surface area contributed by atoms with Crippen LogP contribution >= 0.6 is 10.7 Å². The van der Waals surface area contributed by atoms with Crippen molar-refractivity contribution in [1.82, 2.24) is 4.90 Å². The minimum Gasteiger partial charge on any atom is -0.339 e. The summed E-state index contributed by atoms with van der Waals surface area (Å²) in [6, 6.07) is 5.83. The van der Waals surface area contributed by atoms with Crippen LogP contribution in [0.15, 0.2) is 29.2 Å². The van der Waals surface area contributed by atoms with Crippen molar-refractivity contribution in [3.8, 4) is 0 Å². The largest absolute Gasteiger partial charge is 0.339 e. The third-order valence-electron chi connectivity index (χ3n) is 2.64. The molecule has 1 amide bonds. The van der Waals surface area contributed by atoms with Gasteiger partial charge in [0.05, 0.1) is 4.90 Å². The summed E-state index contributed by atoms with van der Waals surface area (Å²) < 4.78 is 22.5. The minimum absolute atomic E-state index is 0.0482. The molecule has 0 aliphatic heterocycles. The fraction of sp³-hybridized carbons (Fsp3) is 0.462. The van der Waals surface area contributed by atoms with Gasteiger partial charge in [-0.05, 0) is 31.0 Å². The Balaban J connectivity index is 3.04. The molecular weight excluding hydrogens is 286 g/mol. The molecule has 106 valence electrons. The van der Waals surface area contributed by atoms with Crippen LogP contribution < -0.4 is 0 Å². The maximum Gasteiger partial charge on any atom is 0.261 e. The Labute approximate surface area is 118 Å². The predicted molar refractivity (Wildman–Crippen MR) is 76.0 cm³/mol. The summed E-state index contributed by atoms with van der Waals surface area (Å²) in [6.07, 6.45) is 1.72. The molecule has 1 rings (SSSR count). The molecule has 0 N–H and O–H groups in total. The normalized spacial score (nSPS) is 11.3. The van der Waals surface area contributed by atoms with Crippen LogP contribution in [0.2, 0.25) is 0 Å². The summed E-state index contributed by atoms with van der Waals surface area (Å²) in [7, 11) is 1.48. The van der Waals surface area contributed by atoms with E-state index >= 15 is 0 Å². The van der Waals surface area contributed by atoms with Crippen LogP contribution in [0.4, 0.5) is 0 Å². The molecule has 0 atom stereocenters. The van der Waals surface area contributed by atoms with E-state index in [1.165, 1.54) is 18.2 Å². The van der Waals surface area contributed by atoms with Crippen molar-refractivity contribution in [1.29, 1.82) is 0 Å². The number of hydrogen-bond acceptors (Lipinski definition) is 3. The minimum atomic E-state index is -3.81. The second-order valence-corrected chi connectivity index (χ2v) is 6.82. The number of hydrogen-bond donors (Lipinski definition) is 0. The summed E-state index contributed by atoms with van der Waals surface area (Å²) >= 11 is 0. The highest BCUT2D eigenvalue weighted by Gasteiger charge is 2.17. The van der Waals surface area contributed by atoms with Gasteiger partial charge in [-0.25, -0.2) is 8.42 Å². The van der Waals surface area contributed by atoms with E-state index < -0.39 is 9.05 Å². The van der Waals surface area contributed by atoms with Gasteiger partial charge in [-0.2, -0.15) is 0 Å². The van der Waals surface area contributed by atoms with E-state index in [9.17, 15) is 13.2 Å². The van der Waals surface area contributed by atoms with Crippen molar-refractivity contribution in [2.45, 2.75) is 31.6 Å². The van der Waals surface area contributed by atoms with Gasteiger partial charge in [0.15, 0.2) is 0 Å². The van der Waals surface area contributed by atoms with Gasteiger partial charge in [-0.1, -0.05) is 19.9 Å². The second-order valence-electron chi connectivity index (χ2n) is 4.26. The number of rotatable bonds is 6. The smallest absolute Gasteiger partial charge is 0.261 e. The third kappa shape index (κ3) is 4.51. The van der Waals surface area contributed by atoms with Gasteiger partial charge in [0, 0.05) is 29.3 Å². The van der Waals surface area contributed by atoms with Crippen molar-refractivity contribution >= 4 is 25.6 Å². The molecule has 0 saturated heterocycles. The number of benzene rings is 1. The SMILES string of the molecule is CCCN(CCC)C(=O)c1cccc(S(=O)(=O)Cl)c1. The highest BCUT2D eigenvalue weighted by molar-refractivity contribution is 8.13. The third-order valence-corrected chi connectivity index (χ3v) is 3.99. The van der Waals surface area contributed by atoms with Crippen LogP contribution in [-0.4, -0.2) is 32.3 Å². The van der Waals surface area contributed by atoms with Crippen molar-refractivity contribution < 1.29 is 13.2 Å². The predicted octanol–water partition coefficient (Wildman–Crippen LogP) is 2.88. The number of nitrogens with zero attached hydrogens (tertiary/aromatic N) is 1. The van der Waals surface area contributed by atoms with E-state index in [2.05, 4.69) is 0 Å². The first kappa shape index (κ1) is 16.0. The Kier molecular flexibility index (Phi) is 5.82. The lowest BCUT2D eigenvalue weighted by atomic mass is 10.2. The lowest BCUT2D eigenvalue weighted by molar-refractivity contribution is 0.0755. The lowest BCUT2D eigenvalue weighted by Crippen LogP contribution is -2.32. The topological polar surface area (TPSA) is 54.5 Å². The van der Waals surface area contributed by atoms with E-state index in [0.717, 1.165) is 12.8 Å². The van der Waals surface area contributed by atoms with Crippen LogP contribution in [0, 0.1) is 0 Å². The highest BCUT2D eigenvalue weighted by atomic mass is 35.7. The quantitative estimate of drug-likeness (QED) is 0.759. The number of carbonyl (C=O) groups excluding carboxylic acids is 1. The van der Waals surface area contributed by atoms with Gasteiger partial charge < -0.3 is 4.90 Å². The summed E-state index contributed by atoms with van der Waals surface area (Å²) in [4.78, 5) is 14.0. The fourth-order valence-corrected chi connectivity index (χ4v) is 2.61. The molecule has 0 unspecified atom stereocenters. The summed E-state index contributed by atoms with van der Waals surface area (Å²) in [6.45, 7) is 5.31. The zero-order valence-electron chi connectivity index (χ0n) is 11.1. The van der Waals surface area contributed by atoms with Gasteiger partial charge in [0.2, 0.25) is 0 Å². The Morgan fingerprint density at radius 3 is 2.26 bits per heavy atom. The van der Waals surface area contributed by atoms with Crippen LogP contribution in [-0.2, 0) is 9.05 Å². The molecule has 0 spiro atoms. The molecule has 0 radical (unpaired) electrons. The van der Waals surface area contributed by atoms with Gasteiger partial charge in [0.25, 0.3) is 15.0 Å². The molecule has 6 heteroatoms. The average molecular weight is 304 g/mol. The molecule has 0 aromatic heterocycles. The monoisotopic (exact) mass is 303 g/mol. The van der Waals surface area contributed by atoms with Crippen LogP contribution in [0.5, 0.6) is 0 Å². The van der Waals surface area contributed by atoms with Gasteiger partial charge in [0.1, 0.15) is 0 Å². The summed E-state index contributed by atoms with van der Waals surface area (Å²) in [5, 5.41) is 0. The van der Waals surface area contributed by atoms with E-state index in [1.54, 1.807) is 11.0 Å². The highest BCUT2D eigenvalue weighted by Crippen LogP contribution is 2.17. The molecule has 1 aromatic rings. The summed E-state index contributed by atoms with van der Waals surface area (Å²) in [5.74, 6) is -0.161. The Morgan fingerprint density at radius 2 is 1.79 bits per heavy atom. The lowest BCUT2D eigenvalue weighted by Gasteiger charge is -2.21. The Hall–Kier alpha value is -1.07. The summed E-state index contributed by atoms with van der Waals surface area (Å²) in [5.41, 5.74) is 0.351. The van der Waals surface area contributed by atoms with Gasteiger partial charge in [-0.15, -0.1) is 0 Å². The molecule has 0 heterocycles. The molecule has 0 saturated carbocycles. The molecule has 0 bridgehead atoms. The van der Waals surface area contributed by atoms with Gasteiger partial charge >= 0.3 is 0 Å². The molecule has 0 fully saturated rings. The van der Waals surface area contributed by atoms with E-state index in [1.807, 2.05) is 13.8 Å².